The van der Waals surface area contributed by atoms with Crippen LogP contribution in [0.4, 0.5) is 23.0 Å². The van der Waals surface area contributed by atoms with Gasteiger partial charge in [-0.05, 0) is 12.1 Å². The zero-order valence-electron chi connectivity index (χ0n) is 14.6. The van der Waals surface area contributed by atoms with E-state index in [0.717, 1.165) is 11.1 Å². The van der Waals surface area contributed by atoms with Gasteiger partial charge in [0.2, 0.25) is 0 Å². The van der Waals surface area contributed by atoms with Crippen molar-refractivity contribution < 1.29 is 9.47 Å². The maximum atomic E-state index is 5.93. The van der Waals surface area contributed by atoms with Crippen molar-refractivity contribution >= 4 is 23.0 Å². The van der Waals surface area contributed by atoms with Crippen LogP contribution in [0, 0.1) is 0 Å². The van der Waals surface area contributed by atoms with Gasteiger partial charge >= 0.3 is 0 Å². The summed E-state index contributed by atoms with van der Waals surface area (Å²) in [6.07, 6.45) is 3.02. The van der Waals surface area contributed by atoms with E-state index in [1.807, 2.05) is 12.1 Å². The fraction of sp³-hybridized carbons (Fsp3) is 0.250. The maximum Gasteiger partial charge on any atom is 0.145 e. The van der Waals surface area contributed by atoms with E-state index in [1.54, 1.807) is 23.6 Å². The summed E-state index contributed by atoms with van der Waals surface area (Å²) in [5.41, 5.74) is 25.9. The fourth-order valence-electron chi connectivity index (χ4n) is 2.66. The third kappa shape index (κ3) is 3.04. The monoisotopic (exact) mass is 358 g/mol. The molecule has 0 aliphatic rings. The summed E-state index contributed by atoms with van der Waals surface area (Å²) in [6, 6.07) is 3.74. The van der Waals surface area contributed by atoms with Crippen LogP contribution in [0.25, 0.3) is 0 Å². The number of methoxy groups -OCH3 is 2. The SMILES string of the molecule is COc1cc(Cn2ncc(N)c2N)c(OC)cc1Cn1ncc(N)c1N. The van der Waals surface area contributed by atoms with Crippen molar-refractivity contribution in [1.29, 1.82) is 0 Å². The molecule has 10 heteroatoms. The number of rotatable bonds is 6. The van der Waals surface area contributed by atoms with Crippen LogP contribution in [0.15, 0.2) is 24.5 Å². The second-order valence-corrected chi connectivity index (χ2v) is 5.76. The van der Waals surface area contributed by atoms with E-state index in [-0.39, 0.29) is 0 Å². The van der Waals surface area contributed by atoms with Crippen LogP contribution in [0.2, 0.25) is 0 Å². The Morgan fingerprint density at radius 1 is 0.769 bits per heavy atom. The summed E-state index contributed by atoms with van der Waals surface area (Å²) in [4.78, 5) is 0. The van der Waals surface area contributed by atoms with E-state index < -0.39 is 0 Å². The molecule has 138 valence electrons. The average molecular weight is 358 g/mol. The van der Waals surface area contributed by atoms with Gasteiger partial charge in [0.25, 0.3) is 0 Å². The predicted molar refractivity (Wildman–Crippen MR) is 99.9 cm³/mol. The molecule has 0 spiro atoms. The first kappa shape index (κ1) is 17.3. The Bertz CT molecular complexity index is 855. The van der Waals surface area contributed by atoms with Gasteiger partial charge in [0.05, 0.1) is 51.1 Å². The van der Waals surface area contributed by atoms with Crippen molar-refractivity contribution in [2.45, 2.75) is 13.1 Å². The Hall–Kier alpha value is -3.56. The minimum absolute atomic E-state index is 0.389. The standard InChI is InChI=1S/C16H22N8O2/c1-25-13-3-10(8-24-16(20)12(18)6-22-24)14(26-2)4-9(13)7-23-15(19)11(17)5-21-23/h3-6H,7-8,17-20H2,1-2H3. The molecule has 3 rings (SSSR count). The summed E-state index contributed by atoms with van der Waals surface area (Å²) in [5, 5.41) is 8.34. The molecule has 0 aliphatic heterocycles. The second kappa shape index (κ2) is 6.75. The van der Waals surface area contributed by atoms with E-state index in [0.29, 0.717) is 47.6 Å². The quantitative estimate of drug-likeness (QED) is 0.496. The number of nitrogens with zero attached hydrogens (tertiary/aromatic N) is 4. The molecule has 0 saturated heterocycles. The van der Waals surface area contributed by atoms with Gasteiger partial charge in [-0.25, -0.2) is 9.36 Å². The molecule has 3 aromatic rings. The average Bonchev–Trinajstić information content (AvgIpc) is 3.12. The molecule has 8 N–H and O–H groups in total. The largest absolute Gasteiger partial charge is 0.496 e. The molecule has 0 saturated carbocycles. The Kier molecular flexibility index (Phi) is 4.48. The molecule has 0 unspecified atom stereocenters. The summed E-state index contributed by atoms with van der Waals surface area (Å²) >= 11 is 0. The Morgan fingerprint density at radius 2 is 1.15 bits per heavy atom. The maximum absolute atomic E-state index is 5.93. The molecular formula is C16H22N8O2. The van der Waals surface area contributed by atoms with Crippen LogP contribution in [0.5, 0.6) is 11.5 Å². The molecule has 2 aromatic heterocycles. The van der Waals surface area contributed by atoms with Crippen molar-refractivity contribution in [2.75, 3.05) is 37.2 Å². The molecule has 0 atom stereocenters. The highest BCUT2D eigenvalue weighted by atomic mass is 16.5. The first-order valence-corrected chi connectivity index (χ1v) is 7.81. The van der Waals surface area contributed by atoms with E-state index in [4.69, 9.17) is 32.4 Å². The fourth-order valence-corrected chi connectivity index (χ4v) is 2.66. The lowest BCUT2D eigenvalue weighted by Gasteiger charge is -2.16. The molecule has 0 bridgehead atoms. The first-order valence-electron chi connectivity index (χ1n) is 7.81. The minimum Gasteiger partial charge on any atom is -0.496 e. The van der Waals surface area contributed by atoms with E-state index in [2.05, 4.69) is 10.2 Å². The third-order valence-corrected chi connectivity index (χ3v) is 4.14. The molecule has 0 radical (unpaired) electrons. The zero-order valence-corrected chi connectivity index (χ0v) is 14.6. The van der Waals surface area contributed by atoms with E-state index in [1.165, 1.54) is 12.4 Å². The van der Waals surface area contributed by atoms with Crippen LogP contribution >= 0.6 is 0 Å². The highest BCUT2D eigenvalue weighted by molar-refractivity contribution is 5.58. The van der Waals surface area contributed by atoms with Gasteiger partial charge < -0.3 is 32.4 Å². The van der Waals surface area contributed by atoms with Crippen LogP contribution in [-0.2, 0) is 13.1 Å². The van der Waals surface area contributed by atoms with Gasteiger partial charge in [0, 0.05) is 11.1 Å². The summed E-state index contributed by atoms with van der Waals surface area (Å²) in [5.74, 6) is 2.12. The predicted octanol–water partition coefficient (Wildman–Crippen LogP) is 0.522. The van der Waals surface area contributed by atoms with Gasteiger partial charge in [-0.1, -0.05) is 0 Å². The number of hydrogen-bond donors (Lipinski definition) is 4. The van der Waals surface area contributed by atoms with Gasteiger partial charge in [0.1, 0.15) is 23.1 Å². The van der Waals surface area contributed by atoms with E-state index in [9.17, 15) is 0 Å². The molecule has 0 aliphatic carbocycles. The summed E-state index contributed by atoms with van der Waals surface area (Å²) in [7, 11) is 3.19. The van der Waals surface area contributed by atoms with Crippen LogP contribution in [-0.4, -0.2) is 33.8 Å². The lowest BCUT2D eigenvalue weighted by atomic mass is 10.1. The first-order chi connectivity index (χ1) is 12.4. The zero-order chi connectivity index (χ0) is 18.8. The minimum atomic E-state index is 0.389. The molecular weight excluding hydrogens is 336 g/mol. The van der Waals surface area contributed by atoms with Crippen molar-refractivity contribution in [2.24, 2.45) is 0 Å². The lowest BCUT2D eigenvalue weighted by Crippen LogP contribution is -2.10. The molecule has 0 fully saturated rings. The Morgan fingerprint density at radius 3 is 1.42 bits per heavy atom. The molecule has 2 heterocycles. The topological polar surface area (TPSA) is 158 Å². The molecule has 0 amide bonds. The number of nitrogen functional groups attached to an aromatic ring is 4. The molecule has 26 heavy (non-hydrogen) atoms. The number of anilines is 4. The Labute approximate surface area is 150 Å². The van der Waals surface area contributed by atoms with Crippen molar-refractivity contribution in [3.05, 3.63) is 35.7 Å². The van der Waals surface area contributed by atoms with Crippen LogP contribution in [0.1, 0.15) is 11.1 Å². The van der Waals surface area contributed by atoms with Gasteiger partial charge in [-0.2, -0.15) is 10.2 Å². The number of nitrogens with two attached hydrogens (primary N) is 4. The lowest BCUT2D eigenvalue weighted by molar-refractivity contribution is 0.391. The molecule has 1 aromatic carbocycles. The van der Waals surface area contributed by atoms with E-state index >= 15 is 0 Å². The highest BCUT2D eigenvalue weighted by Crippen LogP contribution is 2.31. The normalized spacial score (nSPS) is 10.8. The summed E-state index contributed by atoms with van der Waals surface area (Å²) < 4.78 is 14.2. The van der Waals surface area contributed by atoms with Gasteiger partial charge in [0.15, 0.2) is 0 Å². The molecule has 10 nitrogen and oxygen atoms in total. The van der Waals surface area contributed by atoms with Crippen LogP contribution in [0.3, 0.4) is 0 Å². The second-order valence-electron chi connectivity index (χ2n) is 5.76. The number of hydrogen-bond acceptors (Lipinski definition) is 8. The van der Waals surface area contributed by atoms with Crippen molar-refractivity contribution in [3.63, 3.8) is 0 Å². The van der Waals surface area contributed by atoms with Crippen molar-refractivity contribution in [3.8, 4) is 11.5 Å². The van der Waals surface area contributed by atoms with Gasteiger partial charge in [-0.15, -0.1) is 0 Å². The number of aromatic nitrogens is 4. The third-order valence-electron chi connectivity index (χ3n) is 4.14. The Balaban J connectivity index is 1.97. The number of benzene rings is 1. The van der Waals surface area contributed by atoms with Crippen LogP contribution < -0.4 is 32.4 Å². The van der Waals surface area contributed by atoms with Gasteiger partial charge in [-0.3, -0.25) is 0 Å². The summed E-state index contributed by atoms with van der Waals surface area (Å²) in [6.45, 7) is 0.777. The smallest absolute Gasteiger partial charge is 0.145 e. The highest BCUT2D eigenvalue weighted by Gasteiger charge is 2.15. The van der Waals surface area contributed by atoms with Crippen molar-refractivity contribution in [1.82, 2.24) is 19.6 Å². The number of ether oxygens (including phenoxy) is 2.